The van der Waals surface area contributed by atoms with Gasteiger partial charge < -0.3 is 18.9 Å². The maximum atomic E-state index is 13.5. The second-order valence-corrected chi connectivity index (χ2v) is 11.5. The monoisotopic (exact) mass is 603 g/mol. The zero-order valence-corrected chi connectivity index (χ0v) is 25.4. The zero-order valence-electron chi connectivity index (χ0n) is 25.4. The Morgan fingerprint density at radius 3 is 2.11 bits per heavy atom. The molecule has 2 aliphatic rings. The molecule has 1 heterocycles. The van der Waals surface area contributed by atoms with Crippen molar-refractivity contribution in [2.24, 2.45) is 0 Å². The van der Waals surface area contributed by atoms with Crippen LogP contribution in [0.4, 0.5) is 4.79 Å². The smallest absolute Gasteiger partial charge is 0.410 e. The zero-order chi connectivity index (χ0) is 31.2. The van der Waals surface area contributed by atoms with E-state index in [-0.39, 0.29) is 31.8 Å². The average Bonchev–Trinajstić information content (AvgIpc) is 3.65. The Balaban J connectivity index is 1.06. The van der Waals surface area contributed by atoms with Gasteiger partial charge in [0, 0.05) is 12.3 Å². The highest BCUT2D eigenvalue weighted by molar-refractivity contribution is 5.83. The van der Waals surface area contributed by atoms with Crippen molar-refractivity contribution in [2.75, 3.05) is 19.8 Å². The summed E-state index contributed by atoms with van der Waals surface area (Å²) in [5, 5.41) is 0. The number of carbonyl (C=O) groups is 2. The Morgan fingerprint density at radius 1 is 0.822 bits per heavy atom. The summed E-state index contributed by atoms with van der Waals surface area (Å²) in [5.41, 5.74) is 7.84. The number of benzene rings is 4. The lowest BCUT2D eigenvalue weighted by atomic mass is 9.98. The summed E-state index contributed by atoms with van der Waals surface area (Å²) < 4.78 is 23.3. The first kappa shape index (κ1) is 30.2. The van der Waals surface area contributed by atoms with Crippen molar-refractivity contribution >= 4 is 12.1 Å². The third kappa shape index (κ3) is 6.94. The van der Waals surface area contributed by atoms with Crippen LogP contribution in [0.5, 0.6) is 5.75 Å². The molecule has 7 nitrogen and oxygen atoms in total. The van der Waals surface area contributed by atoms with E-state index in [0.717, 1.165) is 39.1 Å². The summed E-state index contributed by atoms with van der Waals surface area (Å²) in [6, 6.07) is 31.6. The van der Waals surface area contributed by atoms with Gasteiger partial charge in [0.1, 0.15) is 31.6 Å². The van der Waals surface area contributed by atoms with Gasteiger partial charge in [0.25, 0.3) is 0 Å². The first-order chi connectivity index (χ1) is 22.0. The highest BCUT2D eigenvalue weighted by Crippen LogP contribution is 2.44. The molecule has 1 saturated heterocycles. The molecule has 45 heavy (non-hydrogen) atoms. The number of likely N-dealkylation sites (tertiary alicyclic amines) is 1. The standard InChI is InChI=1S/C38H37NO6/c1-3-20-42-37(40)36-21-30(44-24-28-16-18-29(19-17-28)43-23-27-14-12-26(2)13-15-27)22-39(36)38(41)45-25-35-33-10-6-4-8-31(33)32-9-5-7-11-34(32)35/h3-19,30,35-36H,1,20-25H2,2H3/t30-,36+/m1/s1. The molecule has 4 aromatic carbocycles. The van der Waals surface area contributed by atoms with Gasteiger partial charge in [-0.2, -0.15) is 0 Å². The molecule has 0 radical (unpaired) electrons. The molecule has 0 saturated carbocycles. The van der Waals surface area contributed by atoms with Gasteiger partial charge in [0.05, 0.1) is 19.3 Å². The Bertz CT molecular complexity index is 1600. The summed E-state index contributed by atoms with van der Waals surface area (Å²) in [6.07, 6.45) is 0.910. The molecule has 1 aliphatic carbocycles. The van der Waals surface area contributed by atoms with Gasteiger partial charge in [0.2, 0.25) is 0 Å². The van der Waals surface area contributed by atoms with E-state index < -0.39 is 18.1 Å². The number of rotatable bonds is 11. The number of carbonyl (C=O) groups excluding carboxylic acids is 2. The Kier molecular flexibility index (Phi) is 9.27. The number of hydrogen-bond acceptors (Lipinski definition) is 6. The van der Waals surface area contributed by atoms with E-state index in [4.69, 9.17) is 18.9 Å². The number of hydrogen-bond donors (Lipinski definition) is 0. The van der Waals surface area contributed by atoms with Crippen molar-refractivity contribution in [3.8, 4) is 16.9 Å². The number of ether oxygens (including phenoxy) is 4. The lowest BCUT2D eigenvalue weighted by molar-refractivity contribution is -0.147. The fraction of sp³-hybridized carbons (Fsp3) is 0.263. The minimum absolute atomic E-state index is 0.0672. The topological polar surface area (TPSA) is 74.3 Å². The van der Waals surface area contributed by atoms with Crippen LogP contribution < -0.4 is 4.74 Å². The van der Waals surface area contributed by atoms with Gasteiger partial charge in [-0.3, -0.25) is 4.90 Å². The molecule has 1 amide bonds. The van der Waals surface area contributed by atoms with Crippen LogP contribution in [0.25, 0.3) is 11.1 Å². The molecule has 7 heteroatoms. The van der Waals surface area contributed by atoms with E-state index in [1.165, 1.54) is 16.5 Å². The van der Waals surface area contributed by atoms with E-state index >= 15 is 0 Å². The third-order valence-corrected chi connectivity index (χ3v) is 8.38. The Labute approximate surface area is 264 Å². The van der Waals surface area contributed by atoms with Crippen LogP contribution in [-0.4, -0.2) is 48.9 Å². The average molecular weight is 604 g/mol. The molecule has 0 spiro atoms. The molecule has 0 N–H and O–H groups in total. The maximum absolute atomic E-state index is 13.5. The van der Waals surface area contributed by atoms with E-state index in [0.29, 0.717) is 19.6 Å². The first-order valence-electron chi connectivity index (χ1n) is 15.3. The fourth-order valence-corrected chi connectivity index (χ4v) is 6.00. The lowest BCUT2D eigenvalue weighted by Gasteiger charge is -2.23. The second-order valence-electron chi connectivity index (χ2n) is 11.5. The van der Waals surface area contributed by atoms with Crippen LogP contribution in [-0.2, 0) is 32.2 Å². The van der Waals surface area contributed by atoms with Crippen LogP contribution in [0.15, 0.2) is 110 Å². The predicted molar refractivity (Wildman–Crippen MR) is 172 cm³/mol. The molecular weight excluding hydrogens is 566 g/mol. The SMILES string of the molecule is C=CCOC(=O)[C@@H]1C[C@@H](OCc2ccc(OCc3ccc(C)cc3)cc2)CN1C(=O)OCC1c2ccccc2-c2ccccc21. The van der Waals surface area contributed by atoms with Crippen molar-refractivity contribution in [3.05, 3.63) is 138 Å². The predicted octanol–water partition coefficient (Wildman–Crippen LogP) is 7.21. The number of fused-ring (bicyclic) bond motifs is 3. The number of amides is 1. The summed E-state index contributed by atoms with van der Waals surface area (Å²) in [6.45, 7) is 6.96. The van der Waals surface area contributed by atoms with Gasteiger partial charge in [-0.25, -0.2) is 9.59 Å². The van der Waals surface area contributed by atoms with Gasteiger partial charge in [-0.05, 0) is 52.4 Å². The maximum Gasteiger partial charge on any atom is 0.410 e. The van der Waals surface area contributed by atoms with Crippen molar-refractivity contribution in [3.63, 3.8) is 0 Å². The van der Waals surface area contributed by atoms with E-state index in [1.54, 1.807) is 0 Å². The summed E-state index contributed by atoms with van der Waals surface area (Å²) >= 11 is 0. The largest absolute Gasteiger partial charge is 0.489 e. The highest BCUT2D eigenvalue weighted by atomic mass is 16.6. The summed E-state index contributed by atoms with van der Waals surface area (Å²) in [7, 11) is 0. The van der Waals surface area contributed by atoms with Gasteiger partial charge in [-0.1, -0.05) is 103 Å². The third-order valence-electron chi connectivity index (χ3n) is 8.38. The normalized spacial score (nSPS) is 17.0. The minimum Gasteiger partial charge on any atom is -0.489 e. The Hall–Kier alpha value is -4.88. The van der Waals surface area contributed by atoms with Crippen molar-refractivity contribution in [1.82, 2.24) is 4.90 Å². The van der Waals surface area contributed by atoms with E-state index in [1.807, 2.05) is 48.5 Å². The van der Waals surface area contributed by atoms with Crippen LogP contribution in [0.2, 0.25) is 0 Å². The molecule has 1 aliphatic heterocycles. The van der Waals surface area contributed by atoms with Crippen LogP contribution in [0.1, 0.15) is 40.2 Å². The molecule has 1 fully saturated rings. The summed E-state index contributed by atoms with van der Waals surface area (Å²) in [5.74, 6) is 0.197. The molecular formula is C38H37NO6. The Morgan fingerprint density at radius 2 is 1.44 bits per heavy atom. The van der Waals surface area contributed by atoms with Crippen molar-refractivity contribution in [2.45, 2.75) is 44.6 Å². The molecule has 0 unspecified atom stereocenters. The van der Waals surface area contributed by atoms with Crippen LogP contribution >= 0.6 is 0 Å². The molecule has 6 rings (SSSR count). The van der Waals surface area contributed by atoms with Gasteiger partial charge in [0.15, 0.2) is 0 Å². The fourth-order valence-electron chi connectivity index (χ4n) is 6.00. The summed E-state index contributed by atoms with van der Waals surface area (Å²) in [4.78, 5) is 27.9. The quantitative estimate of drug-likeness (QED) is 0.133. The molecule has 4 aromatic rings. The lowest BCUT2D eigenvalue weighted by Crippen LogP contribution is -2.42. The van der Waals surface area contributed by atoms with Gasteiger partial charge >= 0.3 is 12.1 Å². The van der Waals surface area contributed by atoms with Crippen molar-refractivity contribution < 1.29 is 28.5 Å². The van der Waals surface area contributed by atoms with Gasteiger partial charge in [-0.15, -0.1) is 0 Å². The highest BCUT2D eigenvalue weighted by Gasteiger charge is 2.42. The number of esters is 1. The first-order valence-corrected chi connectivity index (χ1v) is 15.3. The van der Waals surface area contributed by atoms with Crippen LogP contribution in [0, 0.1) is 6.92 Å². The molecule has 0 aromatic heterocycles. The number of aryl methyl sites for hydroxylation is 1. The number of nitrogens with zero attached hydrogens (tertiary/aromatic N) is 1. The van der Waals surface area contributed by atoms with Crippen LogP contribution in [0.3, 0.4) is 0 Å². The molecule has 230 valence electrons. The molecule has 2 atom stereocenters. The van der Waals surface area contributed by atoms with E-state index in [2.05, 4.69) is 62.0 Å². The molecule has 0 bridgehead atoms. The second kappa shape index (κ2) is 13.8. The minimum atomic E-state index is -0.803. The van der Waals surface area contributed by atoms with E-state index in [9.17, 15) is 9.59 Å². The van der Waals surface area contributed by atoms with Crippen molar-refractivity contribution in [1.29, 1.82) is 0 Å².